The van der Waals surface area contributed by atoms with Crippen LogP contribution >= 0.6 is 11.8 Å². The van der Waals surface area contributed by atoms with Crippen LogP contribution in [0.2, 0.25) is 0 Å². The number of amides is 1. The summed E-state index contributed by atoms with van der Waals surface area (Å²) in [7, 11) is 1.37. The summed E-state index contributed by atoms with van der Waals surface area (Å²) in [5.74, 6) is -1.13. The van der Waals surface area contributed by atoms with Gasteiger partial charge in [0.25, 0.3) is 0 Å². The summed E-state index contributed by atoms with van der Waals surface area (Å²) in [4.78, 5) is 11.8. The standard InChI is InChI=1S/C12H14F2N2O2S/c1-18-9-3-2-8(13)10(14)7(9)6-16-11(17)12-15-4-5-19-12/h2-3,12,15H,4-6H2,1H3,(H,16,17)/t12-/m0/s1. The maximum atomic E-state index is 13.6. The highest BCUT2D eigenvalue weighted by atomic mass is 32.2. The summed E-state index contributed by atoms with van der Waals surface area (Å²) < 4.78 is 31.8. The SMILES string of the molecule is COc1ccc(F)c(F)c1CNC(=O)[C@H]1NCCS1. The van der Waals surface area contributed by atoms with Crippen LogP contribution in [0.3, 0.4) is 0 Å². The molecule has 1 amide bonds. The number of thioether (sulfide) groups is 1. The number of nitrogens with one attached hydrogen (secondary N) is 2. The normalized spacial score (nSPS) is 18.4. The van der Waals surface area contributed by atoms with E-state index in [1.54, 1.807) is 0 Å². The van der Waals surface area contributed by atoms with Gasteiger partial charge in [0.15, 0.2) is 11.6 Å². The van der Waals surface area contributed by atoms with E-state index in [0.717, 1.165) is 18.4 Å². The molecule has 1 saturated heterocycles. The van der Waals surface area contributed by atoms with Gasteiger partial charge in [0.05, 0.1) is 12.7 Å². The van der Waals surface area contributed by atoms with E-state index in [1.165, 1.54) is 24.9 Å². The van der Waals surface area contributed by atoms with E-state index in [-0.39, 0.29) is 29.1 Å². The molecule has 104 valence electrons. The summed E-state index contributed by atoms with van der Waals surface area (Å²) in [5.41, 5.74) is 0.0128. The highest BCUT2D eigenvalue weighted by Crippen LogP contribution is 2.23. The van der Waals surface area contributed by atoms with Gasteiger partial charge in [-0.25, -0.2) is 8.78 Å². The summed E-state index contributed by atoms with van der Waals surface area (Å²) >= 11 is 1.48. The highest BCUT2D eigenvalue weighted by molar-refractivity contribution is 8.00. The van der Waals surface area contributed by atoms with E-state index in [0.29, 0.717) is 0 Å². The third kappa shape index (κ3) is 3.16. The van der Waals surface area contributed by atoms with Gasteiger partial charge in [-0.05, 0) is 12.1 Å². The van der Waals surface area contributed by atoms with Gasteiger partial charge in [-0.2, -0.15) is 0 Å². The fourth-order valence-corrected chi connectivity index (χ4v) is 2.73. The number of benzene rings is 1. The largest absolute Gasteiger partial charge is 0.496 e. The van der Waals surface area contributed by atoms with Crippen molar-refractivity contribution in [2.75, 3.05) is 19.4 Å². The monoisotopic (exact) mass is 288 g/mol. The van der Waals surface area contributed by atoms with Gasteiger partial charge in [0, 0.05) is 18.8 Å². The molecule has 7 heteroatoms. The van der Waals surface area contributed by atoms with Crippen molar-refractivity contribution in [3.05, 3.63) is 29.3 Å². The molecule has 0 aliphatic carbocycles. The second-order valence-electron chi connectivity index (χ2n) is 3.96. The highest BCUT2D eigenvalue weighted by Gasteiger charge is 2.23. The zero-order valence-corrected chi connectivity index (χ0v) is 11.2. The van der Waals surface area contributed by atoms with E-state index in [4.69, 9.17) is 4.74 Å². The minimum absolute atomic E-state index is 0.0128. The van der Waals surface area contributed by atoms with Gasteiger partial charge in [0.2, 0.25) is 5.91 Å². The lowest BCUT2D eigenvalue weighted by atomic mass is 10.1. The molecule has 1 aromatic carbocycles. The average molecular weight is 288 g/mol. The van der Waals surface area contributed by atoms with Crippen molar-refractivity contribution in [3.63, 3.8) is 0 Å². The Bertz CT molecular complexity index is 479. The van der Waals surface area contributed by atoms with Gasteiger partial charge in [0.1, 0.15) is 11.1 Å². The number of ether oxygens (including phenoxy) is 1. The molecule has 0 unspecified atom stereocenters. The predicted molar refractivity (Wildman–Crippen MR) is 69.0 cm³/mol. The topological polar surface area (TPSA) is 50.4 Å². The van der Waals surface area contributed by atoms with Crippen LogP contribution in [0, 0.1) is 11.6 Å². The van der Waals surface area contributed by atoms with Crippen molar-refractivity contribution >= 4 is 17.7 Å². The Balaban J connectivity index is 2.06. The fourth-order valence-electron chi connectivity index (χ4n) is 1.79. The maximum absolute atomic E-state index is 13.6. The van der Waals surface area contributed by atoms with Gasteiger partial charge < -0.3 is 10.1 Å². The van der Waals surface area contributed by atoms with Crippen LogP contribution in [0.25, 0.3) is 0 Å². The van der Waals surface area contributed by atoms with Crippen molar-refractivity contribution < 1.29 is 18.3 Å². The van der Waals surface area contributed by atoms with Crippen LogP contribution in [0.1, 0.15) is 5.56 Å². The Kier molecular flexibility index (Phi) is 4.60. The Morgan fingerprint density at radius 2 is 2.37 bits per heavy atom. The van der Waals surface area contributed by atoms with E-state index < -0.39 is 11.6 Å². The van der Waals surface area contributed by atoms with Crippen molar-refractivity contribution in [2.45, 2.75) is 11.9 Å². The van der Waals surface area contributed by atoms with Gasteiger partial charge in [-0.3, -0.25) is 10.1 Å². The summed E-state index contributed by atoms with van der Waals surface area (Å²) in [5, 5.41) is 5.24. The molecule has 1 aromatic rings. The zero-order chi connectivity index (χ0) is 13.8. The fraction of sp³-hybridized carbons (Fsp3) is 0.417. The molecule has 1 fully saturated rings. The first-order valence-electron chi connectivity index (χ1n) is 5.77. The number of carbonyl (C=O) groups is 1. The molecule has 1 aliphatic heterocycles. The summed E-state index contributed by atoms with van der Waals surface area (Å²) in [6.07, 6.45) is 0. The minimum Gasteiger partial charge on any atom is -0.496 e. The molecule has 0 aromatic heterocycles. The van der Waals surface area contributed by atoms with E-state index in [9.17, 15) is 13.6 Å². The predicted octanol–water partition coefficient (Wildman–Crippen LogP) is 1.25. The quantitative estimate of drug-likeness (QED) is 0.875. The van der Waals surface area contributed by atoms with E-state index in [2.05, 4.69) is 10.6 Å². The van der Waals surface area contributed by atoms with Crippen LogP contribution in [0.15, 0.2) is 12.1 Å². The third-order valence-electron chi connectivity index (χ3n) is 2.77. The Morgan fingerprint density at radius 1 is 1.58 bits per heavy atom. The van der Waals surface area contributed by atoms with E-state index >= 15 is 0 Å². The maximum Gasteiger partial charge on any atom is 0.247 e. The van der Waals surface area contributed by atoms with Crippen molar-refractivity contribution in [1.29, 1.82) is 0 Å². The molecule has 4 nitrogen and oxygen atoms in total. The summed E-state index contributed by atoms with van der Waals surface area (Å²) in [6, 6.07) is 2.33. The molecule has 1 aliphatic rings. The van der Waals surface area contributed by atoms with Crippen LogP contribution in [0.4, 0.5) is 8.78 Å². The minimum atomic E-state index is -0.994. The van der Waals surface area contributed by atoms with Crippen molar-refractivity contribution in [2.24, 2.45) is 0 Å². The van der Waals surface area contributed by atoms with Crippen molar-refractivity contribution in [1.82, 2.24) is 10.6 Å². The lowest BCUT2D eigenvalue weighted by Gasteiger charge is -2.13. The van der Waals surface area contributed by atoms with Crippen LogP contribution < -0.4 is 15.4 Å². The second-order valence-corrected chi connectivity index (χ2v) is 5.18. The van der Waals surface area contributed by atoms with Crippen molar-refractivity contribution in [3.8, 4) is 5.75 Å². The van der Waals surface area contributed by atoms with Crippen LogP contribution in [-0.4, -0.2) is 30.7 Å². The molecule has 0 saturated carbocycles. The first-order chi connectivity index (χ1) is 9.13. The third-order valence-corrected chi connectivity index (χ3v) is 3.92. The Morgan fingerprint density at radius 3 is 3.00 bits per heavy atom. The first-order valence-corrected chi connectivity index (χ1v) is 6.82. The molecule has 1 heterocycles. The molecule has 19 heavy (non-hydrogen) atoms. The molecule has 0 spiro atoms. The van der Waals surface area contributed by atoms with Gasteiger partial charge in [-0.15, -0.1) is 11.8 Å². The van der Waals surface area contributed by atoms with Gasteiger partial charge >= 0.3 is 0 Å². The Labute approximate surface area is 113 Å². The molecule has 2 rings (SSSR count). The van der Waals surface area contributed by atoms with Crippen LogP contribution in [0.5, 0.6) is 5.75 Å². The van der Waals surface area contributed by atoms with E-state index in [1.807, 2.05) is 0 Å². The molecule has 1 atom stereocenters. The Hall–Kier alpha value is -1.34. The number of hydrogen-bond donors (Lipinski definition) is 2. The number of rotatable bonds is 4. The molecule has 2 N–H and O–H groups in total. The number of carbonyl (C=O) groups excluding carboxylic acids is 1. The summed E-state index contributed by atoms with van der Waals surface area (Å²) in [6.45, 7) is 0.657. The zero-order valence-electron chi connectivity index (χ0n) is 10.3. The second kappa shape index (κ2) is 6.21. The lowest BCUT2D eigenvalue weighted by molar-refractivity contribution is -0.121. The molecular formula is C12H14F2N2O2S. The molecular weight excluding hydrogens is 274 g/mol. The van der Waals surface area contributed by atoms with Crippen LogP contribution in [-0.2, 0) is 11.3 Å². The number of methoxy groups -OCH3 is 1. The number of halogens is 2. The lowest BCUT2D eigenvalue weighted by Crippen LogP contribution is -2.38. The van der Waals surface area contributed by atoms with Gasteiger partial charge in [-0.1, -0.05) is 0 Å². The number of hydrogen-bond acceptors (Lipinski definition) is 4. The molecule has 0 radical (unpaired) electrons. The smallest absolute Gasteiger partial charge is 0.247 e. The average Bonchev–Trinajstić information content (AvgIpc) is 2.94. The first kappa shape index (κ1) is 14.1. The molecule has 0 bridgehead atoms.